The summed E-state index contributed by atoms with van der Waals surface area (Å²) in [4.78, 5) is 31.0. The third-order valence-electron chi connectivity index (χ3n) is 4.61. The summed E-state index contributed by atoms with van der Waals surface area (Å²) < 4.78 is 3.45. The molecule has 2 aromatic rings. The molecule has 1 aliphatic heterocycles. The Labute approximate surface area is 159 Å². The highest BCUT2D eigenvalue weighted by atomic mass is 79.9. The predicted octanol–water partition coefficient (Wildman–Crippen LogP) is 1.70. The molecule has 25 heavy (non-hydrogen) atoms. The van der Waals surface area contributed by atoms with E-state index in [9.17, 15) is 9.59 Å². The molecule has 0 spiro atoms. The SMILES string of the molecule is CN(C)CCN1CCN(C(C=O)n2c(=O)sc3ccc(Br)cc32)CC1. The number of hydrogen-bond acceptors (Lipinski definition) is 6. The number of carbonyl (C=O) groups is 1. The zero-order valence-corrected chi connectivity index (χ0v) is 16.9. The molecule has 6 nitrogen and oxygen atoms in total. The molecule has 1 aromatic carbocycles. The van der Waals surface area contributed by atoms with Gasteiger partial charge in [-0.15, -0.1) is 0 Å². The van der Waals surface area contributed by atoms with Gasteiger partial charge < -0.3 is 4.90 Å². The Morgan fingerprint density at radius 1 is 1.28 bits per heavy atom. The van der Waals surface area contributed by atoms with Gasteiger partial charge in [-0.05, 0) is 32.3 Å². The van der Waals surface area contributed by atoms with Crippen molar-refractivity contribution in [2.75, 3.05) is 53.4 Å². The van der Waals surface area contributed by atoms with Gasteiger partial charge >= 0.3 is 4.87 Å². The molecule has 1 unspecified atom stereocenters. The van der Waals surface area contributed by atoms with Gasteiger partial charge in [0.05, 0.1) is 10.2 Å². The summed E-state index contributed by atoms with van der Waals surface area (Å²) in [6.45, 7) is 5.46. The van der Waals surface area contributed by atoms with Crippen LogP contribution in [0.25, 0.3) is 10.2 Å². The third kappa shape index (κ3) is 4.20. The van der Waals surface area contributed by atoms with E-state index in [1.54, 1.807) is 4.57 Å². The molecule has 1 saturated heterocycles. The van der Waals surface area contributed by atoms with E-state index >= 15 is 0 Å². The Hall–Kier alpha value is -1.06. The first-order valence-electron chi connectivity index (χ1n) is 8.36. The van der Waals surface area contributed by atoms with Crippen LogP contribution in [0.15, 0.2) is 27.5 Å². The van der Waals surface area contributed by atoms with E-state index in [2.05, 4.69) is 44.7 Å². The van der Waals surface area contributed by atoms with Gasteiger partial charge in [0, 0.05) is 43.7 Å². The summed E-state index contributed by atoms with van der Waals surface area (Å²) in [5.41, 5.74) is 0.816. The molecule has 0 bridgehead atoms. The molecular formula is C17H23BrN4O2S. The summed E-state index contributed by atoms with van der Waals surface area (Å²) in [5.74, 6) is 0. The van der Waals surface area contributed by atoms with Crippen LogP contribution in [0.2, 0.25) is 0 Å². The van der Waals surface area contributed by atoms with Crippen LogP contribution in [0, 0.1) is 0 Å². The maximum atomic E-state index is 12.5. The highest BCUT2D eigenvalue weighted by Gasteiger charge is 2.27. The number of halogens is 1. The number of benzene rings is 1. The predicted molar refractivity (Wildman–Crippen MR) is 105 cm³/mol. The molecule has 2 heterocycles. The Morgan fingerprint density at radius 2 is 2.00 bits per heavy atom. The van der Waals surface area contributed by atoms with Crippen molar-refractivity contribution >= 4 is 43.8 Å². The fraction of sp³-hybridized carbons (Fsp3) is 0.529. The van der Waals surface area contributed by atoms with Gasteiger partial charge in [0.2, 0.25) is 0 Å². The molecule has 1 aliphatic rings. The van der Waals surface area contributed by atoms with Crippen molar-refractivity contribution in [2.45, 2.75) is 6.17 Å². The summed E-state index contributed by atoms with van der Waals surface area (Å²) in [6.07, 6.45) is 0.357. The number of piperazine rings is 1. The molecule has 0 radical (unpaired) electrons. The lowest BCUT2D eigenvalue weighted by Gasteiger charge is -2.37. The molecular weight excluding hydrogens is 404 g/mol. The maximum absolute atomic E-state index is 12.5. The average Bonchev–Trinajstić information content (AvgIpc) is 2.90. The zero-order chi connectivity index (χ0) is 18.0. The van der Waals surface area contributed by atoms with Crippen LogP contribution in [-0.4, -0.2) is 78.9 Å². The van der Waals surface area contributed by atoms with Gasteiger partial charge in [-0.1, -0.05) is 27.3 Å². The number of thiazole rings is 1. The minimum atomic E-state index is -0.536. The first-order chi connectivity index (χ1) is 12.0. The lowest BCUT2D eigenvalue weighted by atomic mass is 10.2. The second-order valence-electron chi connectivity index (χ2n) is 6.58. The lowest BCUT2D eigenvalue weighted by Crippen LogP contribution is -2.51. The summed E-state index contributed by atoms with van der Waals surface area (Å²) in [7, 11) is 4.15. The summed E-state index contributed by atoms with van der Waals surface area (Å²) in [6, 6.07) is 5.75. The molecule has 8 heteroatoms. The van der Waals surface area contributed by atoms with Crippen molar-refractivity contribution in [3.63, 3.8) is 0 Å². The molecule has 1 atom stereocenters. The monoisotopic (exact) mass is 426 g/mol. The van der Waals surface area contributed by atoms with Crippen molar-refractivity contribution in [3.05, 3.63) is 32.3 Å². The van der Waals surface area contributed by atoms with Crippen LogP contribution >= 0.6 is 27.3 Å². The van der Waals surface area contributed by atoms with E-state index in [1.165, 1.54) is 11.3 Å². The van der Waals surface area contributed by atoms with Gasteiger partial charge in [0.25, 0.3) is 0 Å². The smallest absolute Gasteiger partial charge is 0.308 e. The van der Waals surface area contributed by atoms with E-state index in [1.807, 2.05) is 18.2 Å². The molecule has 3 rings (SSSR count). The fourth-order valence-electron chi connectivity index (χ4n) is 3.16. The number of aromatic nitrogens is 1. The molecule has 0 amide bonds. The van der Waals surface area contributed by atoms with Gasteiger partial charge in [0.15, 0.2) is 6.29 Å². The van der Waals surface area contributed by atoms with E-state index in [-0.39, 0.29) is 4.87 Å². The molecule has 0 N–H and O–H groups in total. The van der Waals surface area contributed by atoms with E-state index in [0.717, 1.165) is 60.2 Å². The van der Waals surface area contributed by atoms with Crippen molar-refractivity contribution < 1.29 is 4.79 Å². The van der Waals surface area contributed by atoms with Gasteiger partial charge in [0.1, 0.15) is 6.17 Å². The summed E-state index contributed by atoms with van der Waals surface area (Å²) in [5, 5.41) is 0. The minimum absolute atomic E-state index is 0.0831. The second kappa shape index (κ2) is 8.09. The number of hydrogen-bond donors (Lipinski definition) is 0. The van der Waals surface area contributed by atoms with Gasteiger partial charge in [-0.3, -0.25) is 24.0 Å². The Morgan fingerprint density at radius 3 is 2.64 bits per heavy atom. The maximum Gasteiger partial charge on any atom is 0.309 e. The topological polar surface area (TPSA) is 48.8 Å². The number of likely N-dealkylation sites (N-methyl/N-ethyl adjacent to an activating group) is 1. The van der Waals surface area contributed by atoms with Crippen molar-refractivity contribution in [2.24, 2.45) is 0 Å². The largest absolute Gasteiger partial charge is 0.309 e. The summed E-state index contributed by atoms with van der Waals surface area (Å²) >= 11 is 4.65. The number of aldehydes is 1. The molecule has 0 aliphatic carbocycles. The van der Waals surface area contributed by atoms with Crippen LogP contribution in [0.5, 0.6) is 0 Å². The van der Waals surface area contributed by atoms with Crippen molar-refractivity contribution in [3.8, 4) is 0 Å². The highest BCUT2D eigenvalue weighted by Crippen LogP contribution is 2.25. The number of fused-ring (bicyclic) bond motifs is 1. The third-order valence-corrected chi connectivity index (χ3v) is 6.03. The Kier molecular flexibility index (Phi) is 6.06. The standard InChI is InChI=1S/C17H23BrN4O2S/c1-19(2)5-6-20-7-9-21(10-8-20)16(12-23)22-14-11-13(18)3-4-15(14)25-17(22)24/h3-4,11-12,16H,5-10H2,1-2H3. The van der Waals surface area contributed by atoms with E-state index < -0.39 is 6.17 Å². The van der Waals surface area contributed by atoms with Crippen molar-refractivity contribution in [1.82, 2.24) is 19.3 Å². The first kappa shape index (κ1) is 18.7. The van der Waals surface area contributed by atoms with Crippen LogP contribution in [0.3, 0.4) is 0 Å². The molecule has 1 aromatic heterocycles. The second-order valence-corrected chi connectivity index (χ2v) is 8.49. The zero-order valence-electron chi connectivity index (χ0n) is 14.5. The van der Waals surface area contributed by atoms with E-state index in [4.69, 9.17) is 0 Å². The fourth-order valence-corrected chi connectivity index (χ4v) is 4.40. The van der Waals surface area contributed by atoms with Crippen molar-refractivity contribution in [1.29, 1.82) is 0 Å². The Balaban J connectivity index is 1.78. The quantitative estimate of drug-likeness (QED) is 0.657. The van der Waals surface area contributed by atoms with Crippen LogP contribution < -0.4 is 4.87 Å². The average molecular weight is 427 g/mol. The minimum Gasteiger partial charge on any atom is -0.308 e. The van der Waals surface area contributed by atoms with Crippen LogP contribution in [-0.2, 0) is 4.79 Å². The number of rotatable bonds is 6. The highest BCUT2D eigenvalue weighted by molar-refractivity contribution is 9.10. The normalized spacial score (nSPS) is 18.1. The number of carbonyl (C=O) groups excluding carboxylic acids is 1. The first-order valence-corrected chi connectivity index (χ1v) is 9.97. The van der Waals surface area contributed by atoms with Gasteiger partial charge in [-0.2, -0.15) is 0 Å². The Bertz CT molecular complexity index is 796. The molecule has 136 valence electrons. The lowest BCUT2D eigenvalue weighted by molar-refractivity contribution is -0.116. The number of nitrogens with zero attached hydrogens (tertiary/aromatic N) is 4. The van der Waals surface area contributed by atoms with Crippen LogP contribution in [0.4, 0.5) is 0 Å². The van der Waals surface area contributed by atoms with Crippen LogP contribution in [0.1, 0.15) is 6.17 Å². The molecule has 0 saturated carbocycles. The van der Waals surface area contributed by atoms with E-state index in [0.29, 0.717) is 0 Å². The molecule has 1 fully saturated rings. The van der Waals surface area contributed by atoms with Gasteiger partial charge in [-0.25, -0.2) is 0 Å².